The molecule has 0 aliphatic carbocycles. The molecular formula is C18H22FN7O2. The lowest BCUT2D eigenvalue weighted by Gasteiger charge is -2.23. The third-order valence-electron chi connectivity index (χ3n) is 5.17. The first-order valence-electron chi connectivity index (χ1n) is 9.44. The molecule has 0 unspecified atom stereocenters. The summed E-state index contributed by atoms with van der Waals surface area (Å²) >= 11 is 0. The summed E-state index contributed by atoms with van der Waals surface area (Å²) < 4.78 is 15.6. The molecular weight excluding hydrogens is 365 g/mol. The van der Waals surface area contributed by atoms with Crippen LogP contribution >= 0.6 is 0 Å². The van der Waals surface area contributed by atoms with Crippen molar-refractivity contribution in [2.45, 2.75) is 44.9 Å². The number of likely N-dealkylation sites (tertiary alicyclic amines) is 2. The lowest BCUT2D eigenvalue weighted by atomic mass is 10.2. The molecule has 0 N–H and O–H groups in total. The second-order valence-electron chi connectivity index (χ2n) is 7.31. The number of rotatable bonds is 4. The second-order valence-corrected chi connectivity index (χ2v) is 7.31. The van der Waals surface area contributed by atoms with Gasteiger partial charge < -0.3 is 9.80 Å². The first-order chi connectivity index (χ1) is 13.5. The van der Waals surface area contributed by atoms with E-state index >= 15 is 0 Å². The van der Waals surface area contributed by atoms with Crippen LogP contribution in [-0.2, 0) is 6.54 Å². The molecule has 0 spiro atoms. The van der Waals surface area contributed by atoms with Crippen LogP contribution in [0.3, 0.4) is 0 Å². The van der Waals surface area contributed by atoms with Crippen LogP contribution in [0.2, 0.25) is 0 Å². The van der Waals surface area contributed by atoms with Gasteiger partial charge in [-0.1, -0.05) is 5.21 Å². The zero-order valence-corrected chi connectivity index (χ0v) is 15.7. The Bertz CT molecular complexity index is 863. The summed E-state index contributed by atoms with van der Waals surface area (Å²) in [5.41, 5.74) is 1.17. The molecule has 28 heavy (non-hydrogen) atoms. The lowest BCUT2D eigenvalue weighted by molar-refractivity contribution is 0.0707. The van der Waals surface area contributed by atoms with E-state index in [1.165, 1.54) is 22.0 Å². The summed E-state index contributed by atoms with van der Waals surface area (Å²) in [7, 11) is 0. The molecule has 148 valence electrons. The van der Waals surface area contributed by atoms with Crippen molar-refractivity contribution in [2.75, 3.05) is 19.6 Å². The van der Waals surface area contributed by atoms with Crippen LogP contribution in [0.5, 0.6) is 0 Å². The van der Waals surface area contributed by atoms with Crippen molar-refractivity contribution in [2.24, 2.45) is 0 Å². The minimum absolute atomic E-state index is 0.00726. The second kappa shape index (κ2) is 7.61. The number of hydrogen-bond acceptors (Lipinski definition) is 6. The third-order valence-corrected chi connectivity index (χ3v) is 5.17. The Kier molecular flexibility index (Phi) is 5.01. The van der Waals surface area contributed by atoms with Crippen LogP contribution in [0.25, 0.3) is 0 Å². The molecule has 10 heteroatoms. The van der Waals surface area contributed by atoms with Gasteiger partial charge in [0.2, 0.25) is 0 Å². The molecule has 9 nitrogen and oxygen atoms in total. The summed E-state index contributed by atoms with van der Waals surface area (Å²) in [6.07, 6.45) is 5.58. The molecule has 2 aromatic heterocycles. The van der Waals surface area contributed by atoms with E-state index in [1.807, 2.05) is 0 Å². The zero-order chi connectivity index (χ0) is 19.7. The van der Waals surface area contributed by atoms with Gasteiger partial charge in [-0.15, -0.1) is 5.10 Å². The molecule has 4 heterocycles. The molecule has 2 fully saturated rings. The molecule has 0 bridgehead atoms. The van der Waals surface area contributed by atoms with Gasteiger partial charge in [0.15, 0.2) is 5.69 Å². The monoisotopic (exact) mass is 387 g/mol. The summed E-state index contributed by atoms with van der Waals surface area (Å²) in [5, 5.41) is 7.97. The fraction of sp³-hybridized carbons (Fsp3) is 0.556. The quantitative estimate of drug-likeness (QED) is 0.772. The number of carbonyl (C=O) groups excluding carboxylic acids is 2. The number of amides is 2. The predicted octanol–water partition coefficient (Wildman–Crippen LogP) is 0.865. The Labute approximate surface area is 161 Å². The van der Waals surface area contributed by atoms with Crippen molar-refractivity contribution in [3.8, 4) is 0 Å². The number of aryl methyl sites for hydroxylation is 1. The van der Waals surface area contributed by atoms with Gasteiger partial charge in [0.05, 0.1) is 37.2 Å². The number of carbonyl (C=O) groups is 2. The number of alkyl halides is 1. The molecule has 2 atom stereocenters. The lowest BCUT2D eigenvalue weighted by Crippen LogP contribution is -2.39. The van der Waals surface area contributed by atoms with Crippen LogP contribution < -0.4 is 0 Å². The van der Waals surface area contributed by atoms with Crippen molar-refractivity contribution < 1.29 is 14.0 Å². The smallest absolute Gasteiger partial charge is 0.276 e. The van der Waals surface area contributed by atoms with Crippen molar-refractivity contribution >= 4 is 11.8 Å². The van der Waals surface area contributed by atoms with Gasteiger partial charge in [0, 0.05) is 25.7 Å². The van der Waals surface area contributed by atoms with Gasteiger partial charge in [-0.2, -0.15) is 0 Å². The topological polar surface area (TPSA) is 97.1 Å². The van der Waals surface area contributed by atoms with Crippen LogP contribution in [-0.4, -0.2) is 78.4 Å². The fourth-order valence-electron chi connectivity index (χ4n) is 3.72. The highest BCUT2D eigenvalue weighted by molar-refractivity contribution is 5.92. The van der Waals surface area contributed by atoms with E-state index in [0.29, 0.717) is 5.69 Å². The van der Waals surface area contributed by atoms with E-state index in [4.69, 9.17) is 0 Å². The number of hydrogen-bond donors (Lipinski definition) is 0. The summed E-state index contributed by atoms with van der Waals surface area (Å²) in [6.45, 7) is 3.53. The molecule has 2 amide bonds. The fourth-order valence-corrected chi connectivity index (χ4v) is 3.72. The summed E-state index contributed by atoms with van der Waals surface area (Å²) in [6, 6.07) is -0.387. The maximum Gasteiger partial charge on any atom is 0.276 e. The van der Waals surface area contributed by atoms with Crippen LogP contribution in [0.15, 0.2) is 18.6 Å². The van der Waals surface area contributed by atoms with E-state index in [9.17, 15) is 14.0 Å². The molecule has 2 saturated heterocycles. The largest absolute Gasteiger partial charge is 0.337 e. The van der Waals surface area contributed by atoms with Gasteiger partial charge in [-0.05, 0) is 19.8 Å². The average molecular weight is 387 g/mol. The van der Waals surface area contributed by atoms with Crippen LogP contribution in [0.1, 0.15) is 45.9 Å². The molecule has 4 rings (SSSR count). The highest BCUT2D eigenvalue weighted by atomic mass is 19.1. The van der Waals surface area contributed by atoms with E-state index < -0.39 is 6.17 Å². The number of halogens is 1. The van der Waals surface area contributed by atoms with Crippen molar-refractivity contribution in [3.63, 3.8) is 0 Å². The number of nitrogens with zero attached hydrogens (tertiary/aromatic N) is 7. The Morgan fingerprint density at radius 2 is 1.93 bits per heavy atom. The molecule has 2 aliphatic heterocycles. The minimum atomic E-state index is -1.11. The molecule has 0 radical (unpaired) electrons. The Balaban J connectivity index is 1.46. The molecule has 0 saturated carbocycles. The normalized spacial score (nSPS) is 22.1. The van der Waals surface area contributed by atoms with Crippen molar-refractivity contribution in [3.05, 3.63) is 35.7 Å². The average Bonchev–Trinajstić information content (AvgIpc) is 3.43. The van der Waals surface area contributed by atoms with Gasteiger partial charge in [-0.3, -0.25) is 14.6 Å². The maximum atomic E-state index is 14.1. The molecule has 2 aliphatic rings. The van der Waals surface area contributed by atoms with E-state index in [2.05, 4.69) is 20.3 Å². The Morgan fingerprint density at radius 3 is 2.64 bits per heavy atom. The van der Waals surface area contributed by atoms with Gasteiger partial charge in [0.1, 0.15) is 11.9 Å². The Hall–Kier alpha value is -2.91. The standard InChI is InChI=1S/C18H22FN7O2/c1-12-7-21-15(8-20-12)18(28)26-9-13(19)6-14(26)10-25-11-16(22-23-25)17(27)24-4-2-3-5-24/h7-8,11,13-14H,2-6,9-10H2,1H3/t13-,14-/m0/s1. The predicted molar refractivity (Wildman–Crippen MR) is 96.3 cm³/mol. The van der Waals surface area contributed by atoms with Gasteiger partial charge in [0.25, 0.3) is 11.8 Å². The number of aromatic nitrogens is 5. The van der Waals surface area contributed by atoms with Crippen molar-refractivity contribution in [1.29, 1.82) is 0 Å². The molecule has 2 aromatic rings. The zero-order valence-electron chi connectivity index (χ0n) is 15.7. The Morgan fingerprint density at radius 1 is 1.14 bits per heavy atom. The van der Waals surface area contributed by atoms with E-state index in [0.717, 1.165) is 25.9 Å². The minimum Gasteiger partial charge on any atom is -0.337 e. The molecule has 0 aromatic carbocycles. The first kappa shape index (κ1) is 18.5. The van der Waals surface area contributed by atoms with Gasteiger partial charge >= 0.3 is 0 Å². The van der Waals surface area contributed by atoms with Crippen molar-refractivity contribution in [1.82, 2.24) is 34.8 Å². The van der Waals surface area contributed by atoms with E-state index in [-0.39, 0.29) is 48.8 Å². The van der Waals surface area contributed by atoms with Gasteiger partial charge in [-0.25, -0.2) is 14.1 Å². The van der Waals surface area contributed by atoms with Crippen LogP contribution in [0.4, 0.5) is 4.39 Å². The highest BCUT2D eigenvalue weighted by Gasteiger charge is 2.37. The highest BCUT2D eigenvalue weighted by Crippen LogP contribution is 2.23. The van der Waals surface area contributed by atoms with E-state index in [1.54, 1.807) is 18.0 Å². The third kappa shape index (κ3) is 3.71. The van der Waals surface area contributed by atoms with Crippen LogP contribution in [0, 0.1) is 6.92 Å². The first-order valence-corrected chi connectivity index (χ1v) is 9.44. The maximum absolute atomic E-state index is 14.1. The summed E-state index contributed by atoms with van der Waals surface area (Å²) in [5.74, 6) is -0.493. The summed E-state index contributed by atoms with van der Waals surface area (Å²) in [4.78, 5) is 36.6. The SMILES string of the molecule is Cc1cnc(C(=O)N2C[C@@H](F)C[C@H]2Cn2cc(C(=O)N3CCCC3)nn2)cn1.